The van der Waals surface area contributed by atoms with Crippen LogP contribution in [0.4, 0.5) is 5.69 Å². The molecule has 0 aliphatic heterocycles. The van der Waals surface area contributed by atoms with Gasteiger partial charge in [0, 0.05) is 18.7 Å². The average molecular weight is 568 g/mol. The van der Waals surface area contributed by atoms with Crippen LogP contribution in [0.25, 0.3) is 0 Å². The lowest BCUT2D eigenvalue weighted by molar-refractivity contribution is -0.139. The molecule has 0 aliphatic rings. The lowest BCUT2D eigenvalue weighted by Crippen LogP contribution is -2.53. The zero-order chi connectivity index (χ0) is 29.3. The Morgan fingerprint density at radius 2 is 1.45 bits per heavy atom. The van der Waals surface area contributed by atoms with Crippen LogP contribution in [0, 0.1) is 0 Å². The van der Waals surface area contributed by atoms with Crippen molar-refractivity contribution in [2.45, 2.75) is 44.2 Å². The second-order valence-electron chi connectivity index (χ2n) is 9.53. The number of amides is 2. The summed E-state index contributed by atoms with van der Waals surface area (Å²) >= 11 is 0. The van der Waals surface area contributed by atoms with Gasteiger partial charge in [0.25, 0.3) is 10.0 Å². The Labute approximate surface area is 236 Å². The number of carbonyl (C=O) groups excluding carboxylic acids is 2. The van der Waals surface area contributed by atoms with E-state index in [1.807, 2.05) is 44.2 Å². The molecule has 0 aromatic heterocycles. The van der Waals surface area contributed by atoms with Gasteiger partial charge in [-0.25, -0.2) is 8.42 Å². The number of nitrogens with zero attached hydrogens (tertiary/aromatic N) is 2. The smallest absolute Gasteiger partial charge is 0.264 e. The van der Waals surface area contributed by atoms with Crippen molar-refractivity contribution in [1.82, 2.24) is 10.2 Å². The second kappa shape index (κ2) is 13.8. The Balaban J connectivity index is 1.99. The van der Waals surface area contributed by atoms with Gasteiger partial charge in [-0.05, 0) is 57.0 Å². The van der Waals surface area contributed by atoms with Gasteiger partial charge in [0.2, 0.25) is 11.8 Å². The highest BCUT2D eigenvalue weighted by Gasteiger charge is 2.33. The summed E-state index contributed by atoms with van der Waals surface area (Å²) in [7, 11) is -1.35. The molecule has 0 radical (unpaired) electrons. The van der Waals surface area contributed by atoms with Gasteiger partial charge in [-0.3, -0.25) is 13.9 Å². The maximum Gasteiger partial charge on any atom is 0.264 e. The highest BCUT2D eigenvalue weighted by molar-refractivity contribution is 7.92. The predicted molar refractivity (Wildman–Crippen MR) is 155 cm³/mol. The highest BCUT2D eigenvalue weighted by Crippen LogP contribution is 2.32. The van der Waals surface area contributed by atoms with Crippen LogP contribution in [-0.4, -0.2) is 64.5 Å². The van der Waals surface area contributed by atoms with E-state index in [0.717, 1.165) is 9.87 Å². The summed E-state index contributed by atoms with van der Waals surface area (Å²) in [5.41, 5.74) is 1.31. The predicted octanol–water partition coefficient (Wildman–Crippen LogP) is 3.88. The molecule has 3 aromatic carbocycles. The molecule has 40 heavy (non-hydrogen) atoms. The number of methoxy groups -OCH3 is 2. The molecule has 1 N–H and O–H groups in total. The number of benzene rings is 3. The number of rotatable bonds is 13. The van der Waals surface area contributed by atoms with E-state index in [9.17, 15) is 18.0 Å². The maximum absolute atomic E-state index is 14.0. The molecule has 9 nitrogen and oxygen atoms in total. The van der Waals surface area contributed by atoms with E-state index in [0.29, 0.717) is 17.9 Å². The Morgan fingerprint density at radius 3 is 2.02 bits per heavy atom. The number of hydrogen-bond acceptors (Lipinski definition) is 6. The van der Waals surface area contributed by atoms with Crippen LogP contribution in [0.1, 0.15) is 26.3 Å². The van der Waals surface area contributed by atoms with Crippen molar-refractivity contribution in [3.05, 3.63) is 84.4 Å². The summed E-state index contributed by atoms with van der Waals surface area (Å²) in [4.78, 5) is 28.2. The number of sulfonamides is 1. The minimum Gasteiger partial charge on any atom is -0.493 e. The fourth-order valence-electron chi connectivity index (χ4n) is 4.20. The third-order valence-electron chi connectivity index (χ3n) is 6.35. The van der Waals surface area contributed by atoms with E-state index in [2.05, 4.69) is 5.32 Å². The first kappa shape index (κ1) is 30.5. The van der Waals surface area contributed by atoms with Gasteiger partial charge in [-0.2, -0.15) is 0 Å². The molecule has 10 heteroatoms. The third kappa shape index (κ3) is 7.53. The van der Waals surface area contributed by atoms with Gasteiger partial charge in [0.15, 0.2) is 11.5 Å². The first-order valence-electron chi connectivity index (χ1n) is 13.0. The third-order valence-corrected chi connectivity index (χ3v) is 8.12. The summed E-state index contributed by atoms with van der Waals surface area (Å²) < 4.78 is 39.6. The number of nitrogens with one attached hydrogen (secondary N) is 1. The van der Waals surface area contributed by atoms with Crippen molar-refractivity contribution in [2.75, 3.05) is 31.6 Å². The average Bonchev–Trinajstić information content (AvgIpc) is 2.95. The van der Waals surface area contributed by atoms with Crippen molar-refractivity contribution in [1.29, 1.82) is 0 Å². The van der Waals surface area contributed by atoms with Gasteiger partial charge in [-0.15, -0.1) is 0 Å². The fourth-order valence-corrected chi connectivity index (χ4v) is 5.63. The standard InChI is InChI=1S/C30H37N3O6S/c1-22(2)31-30(35)23(3)32(19-18-24-12-8-6-9-13-24)29(34)21-33(25-14-10-7-11-15-25)40(36,37)26-16-17-27(38-4)28(20-26)39-5/h6-17,20,22-23H,18-19,21H2,1-5H3,(H,31,35). The lowest BCUT2D eigenvalue weighted by Gasteiger charge is -2.32. The molecular formula is C30H37N3O6S. The van der Waals surface area contributed by atoms with Crippen LogP contribution in [0.3, 0.4) is 0 Å². The van der Waals surface area contributed by atoms with Gasteiger partial charge < -0.3 is 19.7 Å². The topological polar surface area (TPSA) is 105 Å². The van der Waals surface area contributed by atoms with E-state index in [4.69, 9.17) is 9.47 Å². The normalized spacial score (nSPS) is 11.9. The SMILES string of the molecule is COc1ccc(S(=O)(=O)N(CC(=O)N(CCc2ccccc2)C(C)C(=O)NC(C)C)c2ccccc2)cc1OC. The van der Waals surface area contributed by atoms with Crippen LogP contribution >= 0.6 is 0 Å². The van der Waals surface area contributed by atoms with Crippen LogP contribution in [0.5, 0.6) is 11.5 Å². The number of hydrogen-bond donors (Lipinski definition) is 1. The first-order chi connectivity index (χ1) is 19.1. The lowest BCUT2D eigenvalue weighted by atomic mass is 10.1. The molecule has 1 unspecified atom stereocenters. The van der Waals surface area contributed by atoms with Gasteiger partial charge in [0.1, 0.15) is 12.6 Å². The maximum atomic E-state index is 14.0. The number of ether oxygens (including phenoxy) is 2. The summed E-state index contributed by atoms with van der Waals surface area (Å²) in [5.74, 6) is -0.201. The van der Waals surface area contributed by atoms with Crippen LogP contribution in [-0.2, 0) is 26.0 Å². The molecule has 3 aromatic rings. The quantitative estimate of drug-likeness (QED) is 0.336. The van der Waals surface area contributed by atoms with Crippen molar-refractivity contribution >= 4 is 27.5 Å². The van der Waals surface area contributed by atoms with E-state index in [1.54, 1.807) is 37.3 Å². The summed E-state index contributed by atoms with van der Waals surface area (Å²) in [6, 6.07) is 21.3. The Kier molecular flexibility index (Phi) is 10.6. The van der Waals surface area contributed by atoms with Gasteiger partial charge >= 0.3 is 0 Å². The van der Waals surface area contributed by atoms with Crippen molar-refractivity contribution < 1.29 is 27.5 Å². The first-order valence-corrected chi connectivity index (χ1v) is 14.5. The van der Waals surface area contributed by atoms with E-state index < -0.39 is 28.5 Å². The van der Waals surface area contributed by atoms with Crippen molar-refractivity contribution in [3.63, 3.8) is 0 Å². The number of para-hydroxylation sites is 1. The van der Waals surface area contributed by atoms with Crippen LogP contribution < -0.4 is 19.1 Å². The van der Waals surface area contributed by atoms with E-state index >= 15 is 0 Å². The molecule has 0 heterocycles. The molecule has 0 bridgehead atoms. The Morgan fingerprint density at radius 1 is 0.850 bits per heavy atom. The highest BCUT2D eigenvalue weighted by atomic mass is 32.2. The fraction of sp³-hybridized carbons (Fsp3) is 0.333. The van der Waals surface area contributed by atoms with Crippen molar-refractivity contribution in [3.8, 4) is 11.5 Å². The summed E-state index contributed by atoms with van der Waals surface area (Å²) in [6.07, 6.45) is 0.500. The zero-order valence-electron chi connectivity index (χ0n) is 23.5. The van der Waals surface area contributed by atoms with E-state index in [-0.39, 0.29) is 29.1 Å². The molecule has 0 fully saturated rings. The molecular weight excluding hydrogens is 530 g/mol. The molecule has 1 atom stereocenters. The Hall–Kier alpha value is -4.05. The summed E-state index contributed by atoms with van der Waals surface area (Å²) in [6.45, 7) is 5.06. The number of carbonyl (C=O) groups is 2. The molecule has 0 aliphatic carbocycles. The molecule has 0 saturated heterocycles. The largest absolute Gasteiger partial charge is 0.493 e. The number of anilines is 1. The minimum atomic E-state index is -4.22. The second-order valence-corrected chi connectivity index (χ2v) is 11.4. The minimum absolute atomic E-state index is 0.0664. The molecule has 214 valence electrons. The summed E-state index contributed by atoms with van der Waals surface area (Å²) in [5, 5.41) is 2.85. The molecule has 0 saturated carbocycles. The van der Waals surface area contributed by atoms with Gasteiger partial charge in [-0.1, -0.05) is 48.5 Å². The molecule has 2 amide bonds. The van der Waals surface area contributed by atoms with Crippen LogP contribution in [0.2, 0.25) is 0 Å². The van der Waals surface area contributed by atoms with Gasteiger partial charge in [0.05, 0.1) is 24.8 Å². The van der Waals surface area contributed by atoms with E-state index in [1.165, 1.54) is 37.3 Å². The molecule has 3 rings (SSSR count). The van der Waals surface area contributed by atoms with Crippen molar-refractivity contribution in [2.24, 2.45) is 0 Å². The zero-order valence-corrected chi connectivity index (χ0v) is 24.4. The van der Waals surface area contributed by atoms with Crippen LogP contribution in [0.15, 0.2) is 83.8 Å². The Bertz CT molecular complexity index is 1380. The molecule has 0 spiro atoms. The monoisotopic (exact) mass is 567 g/mol.